The zero-order valence-electron chi connectivity index (χ0n) is 13.9. The van der Waals surface area contributed by atoms with E-state index in [4.69, 9.17) is 0 Å². The maximum absolute atomic E-state index is 12.3. The highest BCUT2D eigenvalue weighted by Crippen LogP contribution is 2.09. The lowest BCUT2D eigenvalue weighted by Gasteiger charge is -2.19. The van der Waals surface area contributed by atoms with Gasteiger partial charge in [0.1, 0.15) is 11.2 Å². The molecule has 3 rings (SSSR count). The quantitative estimate of drug-likeness (QED) is 0.848. The Morgan fingerprint density at radius 1 is 1.17 bits per heavy atom. The van der Waals surface area contributed by atoms with Gasteiger partial charge in [0.2, 0.25) is 0 Å². The Morgan fingerprint density at radius 2 is 1.96 bits per heavy atom. The number of carbonyl (C=O) groups is 1. The van der Waals surface area contributed by atoms with Crippen molar-refractivity contribution in [2.75, 3.05) is 26.2 Å². The fourth-order valence-corrected chi connectivity index (χ4v) is 3.14. The van der Waals surface area contributed by atoms with E-state index in [-0.39, 0.29) is 17.0 Å². The van der Waals surface area contributed by atoms with E-state index in [1.165, 1.54) is 36.3 Å². The summed E-state index contributed by atoms with van der Waals surface area (Å²) in [6, 6.07) is 5.30. The summed E-state index contributed by atoms with van der Waals surface area (Å²) in [4.78, 5) is 31.2. The predicted molar refractivity (Wildman–Crippen MR) is 93.3 cm³/mol. The Balaban J connectivity index is 1.53. The van der Waals surface area contributed by atoms with Crippen molar-refractivity contribution in [3.05, 3.63) is 46.5 Å². The van der Waals surface area contributed by atoms with Gasteiger partial charge < -0.3 is 10.2 Å². The van der Waals surface area contributed by atoms with Crippen LogP contribution < -0.4 is 10.9 Å². The number of aromatic nitrogens is 2. The number of carbonyl (C=O) groups excluding carboxylic acids is 1. The molecule has 0 radical (unpaired) electrons. The summed E-state index contributed by atoms with van der Waals surface area (Å²) in [7, 11) is 0. The largest absolute Gasteiger partial charge is 0.352 e. The van der Waals surface area contributed by atoms with Crippen molar-refractivity contribution in [2.45, 2.75) is 32.1 Å². The molecule has 3 heterocycles. The Bertz CT molecular complexity index is 748. The maximum Gasteiger partial charge on any atom is 0.270 e. The summed E-state index contributed by atoms with van der Waals surface area (Å²) >= 11 is 0. The summed E-state index contributed by atoms with van der Waals surface area (Å²) in [5.74, 6) is -0.346. The van der Waals surface area contributed by atoms with Gasteiger partial charge in [-0.15, -0.1) is 0 Å². The highest BCUT2D eigenvalue weighted by Gasteiger charge is 2.13. The van der Waals surface area contributed by atoms with E-state index in [1.807, 2.05) is 6.07 Å². The molecule has 2 aromatic heterocycles. The maximum atomic E-state index is 12.3. The number of hydrogen-bond donors (Lipinski definition) is 1. The van der Waals surface area contributed by atoms with E-state index in [9.17, 15) is 9.59 Å². The molecule has 0 atom stereocenters. The van der Waals surface area contributed by atoms with Gasteiger partial charge in [-0.05, 0) is 51.0 Å². The van der Waals surface area contributed by atoms with E-state index in [2.05, 4.69) is 15.2 Å². The molecule has 1 N–H and O–H groups in total. The van der Waals surface area contributed by atoms with Crippen LogP contribution in [0.4, 0.5) is 0 Å². The summed E-state index contributed by atoms with van der Waals surface area (Å²) in [5.41, 5.74) is 0.305. The minimum Gasteiger partial charge on any atom is -0.352 e. The summed E-state index contributed by atoms with van der Waals surface area (Å²) in [6.45, 7) is 3.88. The first-order chi connectivity index (χ1) is 11.8. The van der Waals surface area contributed by atoms with E-state index < -0.39 is 0 Å². The van der Waals surface area contributed by atoms with Crippen molar-refractivity contribution in [1.82, 2.24) is 19.6 Å². The average Bonchev–Trinajstić information content (AvgIpc) is 2.88. The van der Waals surface area contributed by atoms with Gasteiger partial charge >= 0.3 is 0 Å². The summed E-state index contributed by atoms with van der Waals surface area (Å²) in [6.07, 6.45) is 9.08. The van der Waals surface area contributed by atoms with Crippen LogP contribution in [0.5, 0.6) is 0 Å². The second-order valence-corrected chi connectivity index (χ2v) is 6.27. The zero-order chi connectivity index (χ0) is 16.8. The first-order valence-electron chi connectivity index (χ1n) is 8.73. The summed E-state index contributed by atoms with van der Waals surface area (Å²) in [5, 5.41) is 2.84. The van der Waals surface area contributed by atoms with E-state index >= 15 is 0 Å². The second kappa shape index (κ2) is 8.06. The fraction of sp³-hybridized carbons (Fsp3) is 0.500. The lowest BCUT2D eigenvalue weighted by atomic mass is 10.2. The van der Waals surface area contributed by atoms with E-state index in [0.29, 0.717) is 12.2 Å². The second-order valence-electron chi connectivity index (χ2n) is 6.27. The van der Waals surface area contributed by atoms with Gasteiger partial charge in [-0.2, -0.15) is 0 Å². The SMILES string of the molecule is O=C(NCCCN1CCCCCC1)c1cnc2ccccn2c1=O. The summed E-state index contributed by atoms with van der Waals surface area (Å²) < 4.78 is 1.39. The number of nitrogens with one attached hydrogen (secondary N) is 1. The Morgan fingerprint density at radius 3 is 2.75 bits per heavy atom. The molecule has 1 aliphatic heterocycles. The first kappa shape index (κ1) is 16.6. The lowest BCUT2D eigenvalue weighted by Crippen LogP contribution is -2.34. The topological polar surface area (TPSA) is 66.7 Å². The van der Waals surface area contributed by atoms with Crippen LogP contribution in [0.15, 0.2) is 35.4 Å². The van der Waals surface area contributed by atoms with Gasteiger partial charge in [0.25, 0.3) is 11.5 Å². The number of rotatable bonds is 5. The monoisotopic (exact) mass is 328 g/mol. The normalized spacial score (nSPS) is 16.0. The molecule has 0 unspecified atom stereocenters. The number of pyridine rings is 1. The molecule has 1 saturated heterocycles. The molecule has 0 aliphatic carbocycles. The van der Waals surface area contributed by atoms with Crippen molar-refractivity contribution in [3.63, 3.8) is 0 Å². The third kappa shape index (κ3) is 4.00. The van der Waals surface area contributed by atoms with Crippen molar-refractivity contribution in [3.8, 4) is 0 Å². The van der Waals surface area contributed by atoms with Gasteiger partial charge in [-0.1, -0.05) is 18.9 Å². The Labute approximate surface area is 141 Å². The molecule has 0 saturated carbocycles. The van der Waals surface area contributed by atoms with Gasteiger partial charge in [-0.25, -0.2) is 4.98 Å². The minimum absolute atomic E-state index is 0.0912. The van der Waals surface area contributed by atoms with Crippen LogP contribution in [-0.4, -0.2) is 46.4 Å². The van der Waals surface area contributed by atoms with Crippen molar-refractivity contribution in [2.24, 2.45) is 0 Å². The van der Waals surface area contributed by atoms with Crippen LogP contribution in [0.2, 0.25) is 0 Å². The van der Waals surface area contributed by atoms with Crippen LogP contribution in [0, 0.1) is 0 Å². The van der Waals surface area contributed by atoms with Gasteiger partial charge in [-0.3, -0.25) is 14.0 Å². The van der Waals surface area contributed by atoms with Gasteiger partial charge in [0, 0.05) is 18.9 Å². The Hall–Kier alpha value is -2.21. The third-order valence-corrected chi connectivity index (χ3v) is 4.49. The molecule has 0 bridgehead atoms. The smallest absolute Gasteiger partial charge is 0.270 e. The molecule has 1 aliphatic rings. The first-order valence-corrected chi connectivity index (χ1v) is 8.73. The molecular formula is C18H24N4O2. The number of nitrogens with zero attached hydrogens (tertiary/aromatic N) is 3. The van der Waals surface area contributed by atoms with E-state index in [0.717, 1.165) is 26.1 Å². The standard InChI is InChI=1S/C18H24N4O2/c23-17(19-9-7-12-21-10-4-1-2-5-11-21)15-14-20-16-8-3-6-13-22(16)18(15)24/h3,6,8,13-14H,1-2,4-5,7,9-12H2,(H,19,23). The molecule has 0 aromatic carbocycles. The van der Waals surface area contributed by atoms with Gasteiger partial charge in [0.05, 0.1) is 0 Å². The highest BCUT2D eigenvalue weighted by atomic mass is 16.2. The van der Waals surface area contributed by atoms with Crippen molar-refractivity contribution < 1.29 is 4.79 Å². The Kier molecular flexibility index (Phi) is 5.59. The molecule has 1 fully saturated rings. The average molecular weight is 328 g/mol. The molecule has 6 nitrogen and oxygen atoms in total. The number of likely N-dealkylation sites (tertiary alicyclic amines) is 1. The predicted octanol–water partition coefficient (Wildman–Crippen LogP) is 1.69. The molecule has 2 aromatic rings. The lowest BCUT2D eigenvalue weighted by molar-refractivity contribution is 0.0949. The van der Waals surface area contributed by atoms with Crippen LogP contribution >= 0.6 is 0 Å². The molecule has 0 spiro atoms. The molecule has 1 amide bonds. The van der Waals surface area contributed by atoms with Crippen molar-refractivity contribution in [1.29, 1.82) is 0 Å². The molecule has 6 heteroatoms. The number of hydrogen-bond acceptors (Lipinski definition) is 4. The van der Waals surface area contributed by atoms with E-state index in [1.54, 1.807) is 18.3 Å². The van der Waals surface area contributed by atoms with Crippen molar-refractivity contribution >= 4 is 11.6 Å². The molecule has 128 valence electrons. The van der Waals surface area contributed by atoms with Crippen LogP contribution in [0.1, 0.15) is 42.5 Å². The molecule has 24 heavy (non-hydrogen) atoms. The van der Waals surface area contributed by atoms with Crippen LogP contribution in [-0.2, 0) is 0 Å². The molecular weight excluding hydrogens is 304 g/mol. The minimum atomic E-state index is -0.346. The van der Waals surface area contributed by atoms with Crippen LogP contribution in [0.3, 0.4) is 0 Å². The zero-order valence-corrected chi connectivity index (χ0v) is 13.9. The highest BCUT2D eigenvalue weighted by molar-refractivity contribution is 5.93. The fourth-order valence-electron chi connectivity index (χ4n) is 3.14. The van der Waals surface area contributed by atoms with Crippen LogP contribution in [0.25, 0.3) is 5.65 Å². The number of amides is 1. The number of fused-ring (bicyclic) bond motifs is 1. The van der Waals surface area contributed by atoms with Gasteiger partial charge in [0.15, 0.2) is 0 Å². The third-order valence-electron chi connectivity index (χ3n) is 4.49.